The number of rotatable bonds is 14. The molecule has 0 aliphatic heterocycles. The van der Waals surface area contributed by atoms with Crippen LogP contribution in [0.3, 0.4) is 0 Å². The Balaban J connectivity index is 1.50. The number of amides is 1. The maximum absolute atomic E-state index is 13.5. The first-order valence-corrected chi connectivity index (χ1v) is 14.9. The number of ether oxygens (including phenoxy) is 2. The molecule has 2 N–H and O–H groups in total. The molecule has 3 aromatic carbocycles. The molecule has 0 aliphatic rings. The number of para-hydroxylation sites is 1. The number of aryl methyl sites for hydroxylation is 1. The lowest BCUT2D eigenvalue weighted by atomic mass is 9.88. The fourth-order valence-electron chi connectivity index (χ4n) is 5.39. The lowest BCUT2D eigenvalue weighted by Gasteiger charge is -2.25. The van der Waals surface area contributed by atoms with E-state index in [1.54, 1.807) is 44.7 Å². The topological polar surface area (TPSA) is 98.5 Å². The maximum atomic E-state index is 13.5. The number of carbonyl (C=O) groups excluding carboxylic acids is 1. The Labute approximate surface area is 264 Å². The maximum Gasteiger partial charge on any atom is 0.270 e. The predicted octanol–water partition coefficient (Wildman–Crippen LogP) is 7.29. The van der Waals surface area contributed by atoms with Crippen molar-refractivity contribution in [1.82, 2.24) is 15.3 Å². The van der Waals surface area contributed by atoms with Crippen LogP contribution in [0.1, 0.15) is 33.6 Å². The zero-order valence-corrected chi connectivity index (χ0v) is 25.6. The van der Waals surface area contributed by atoms with E-state index in [9.17, 15) is 10.2 Å². The summed E-state index contributed by atoms with van der Waals surface area (Å²) in [6.07, 6.45) is 7.37. The van der Waals surface area contributed by atoms with Crippen LogP contribution >= 0.6 is 0 Å². The lowest BCUT2D eigenvalue weighted by Crippen LogP contribution is -2.38. The number of pyridine rings is 1. The van der Waals surface area contributed by atoms with Crippen LogP contribution in [0.4, 0.5) is 0 Å². The standard InChI is InChI=1S/C38H37N4O3/c1-26(36(42-38(43)35-15-9-10-20-40-35)23-30-25-41-34-14-8-7-13-33(30)34)29(21-28-17-19-32(44-2)24-37(28)45-3)22-31(39)18-16-27-11-5-4-6-12-27/h4-15,17,19-20,22,24-25,36,41H,1,16,18,21,23H2,2-3H3,(H,42,43)/q-1/b29-22+/t36-/m1/s1. The van der Waals surface area contributed by atoms with E-state index in [0.717, 1.165) is 33.2 Å². The van der Waals surface area contributed by atoms with Gasteiger partial charge in [0, 0.05) is 35.8 Å². The molecule has 0 spiro atoms. The number of allylic oxidation sites excluding steroid dienone is 1. The summed E-state index contributed by atoms with van der Waals surface area (Å²) in [6, 6.07) is 28.5. The Morgan fingerprint density at radius 3 is 2.51 bits per heavy atom. The number of carbonyl (C=O) groups is 1. The zero-order chi connectivity index (χ0) is 31.6. The molecule has 1 amide bonds. The lowest BCUT2D eigenvalue weighted by molar-refractivity contribution is 0.0938. The summed E-state index contributed by atoms with van der Waals surface area (Å²) >= 11 is 0. The van der Waals surface area contributed by atoms with E-state index < -0.39 is 6.04 Å². The van der Waals surface area contributed by atoms with Crippen LogP contribution in [0.5, 0.6) is 11.5 Å². The van der Waals surface area contributed by atoms with Crippen molar-refractivity contribution in [2.75, 3.05) is 14.2 Å². The summed E-state index contributed by atoms with van der Waals surface area (Å²) in [5.74, 6) is 1.03. The highest BCUT2D eigenvalue weighted by Gasteiger charge is 2.23. The molecule has 0 fully saturated rings. The zero-order valence-electron chi connectivity index (χ0n) is 25.6. The number of hydrogen-bond donors (Lipinski definition) is 2. The van der Waals surface area contributed by atoms with E-state index in [-0.39, 0.29) is 11.6 Å². The van der Waals surface area contributed by atoms with Gasteiger partial charge in [-0.25, -0.2) is 0 Å². The van der Waals surface area contributed by atoms with E-state index in [1.807, 2.05) is 72.9 Å². The number of hydrogen-bond acceptors (Lipinski definition) is 4. The Hall–Kier alpha value is -5.43. The van der Waals surface area contributed by atoms with Crippen LogP contribution in [-0.4, -0.2) is 41.8 Å². The third kappa shape index (κ3) is 7.95. The second-order valence-electron chi connectivity index (χ2n) is 10.8. The number of benzene rings is 3. The van der Waals surface area contributed by atoms with Crippen molar-refractivity contribution >= 4 is 22.5 Å². The molecule has 2 aromatic heterocycles. The molecule has 2 heterocycles. The van der Waals surface area contributed by atoms with Gasteiger partial charge < -0.3 is 25.2 Å². The molecule has 0 unspecified atom stereocenters. The third-order valence-corrected chi connectivity index (χ3v) is 7.86. The monoisotopic (exact) mass is 597 g/mol. The van der Waals surface area contributed by atoms with Gasteiger partial charge in [0.1, 0.15) is 17.2 Å². The van der Waals surface area contributed by atoms with Gasteiger partial charge in [0.2, 0.25) is 0 Å². The molecule has 0 bridgehead atoms. The van der Waals surface area contributed by atoms with Gasteiger partial charge in [-0.1, -0.05) is 73.3 Å². The van der Waals surface area contributed by atoms with E-state index in [1.165, 1.54) is 0 Å². The first-order valence-electron chi connectivity index (χ1n) is 14.9. The van der Waals surface area contributed by atoms with Crippen molar-refractivity contribution in [3.05, 3.63) is 155 Å². The predicted molar refractivity (Wildman–Crippen MR) is 181 cm³/mol. The van der Waals surface area contributed by atoms with Gasteiger partial charge in [0.05, 0.1) is 20.3 Å². The molecule has 0 saturated carbocycles. The third-order valence-electron chi connectivity index (χ3n) is 7.86. The van der Waals surface area contributed by atoms with Gasteiger partial charge in [0.25, 0.3) is 5.91 Å². The summed E-state index contributed by atoms with van der Waals surface area (Å²) in [7, 11) is 3.23. The van der Waals surface area contributed by atoms with E-state index >= 15 is 0 Å². The first kappa shape index (κ1) is 31.0. The van der Waals surface area contributed by atoms with Crippen LogP contribution < -0.4 is 14.8 Å². The summed E-state index contributed by atoms with van der Waals surface area (Å²) in [4.78, 5) is 21.0. The summed E-state index contributed by atoms with van der Waals surface area (Å²) in [5, 5.41) is 15.5. The minimum atomic E-state index is -0.504. The second-order valence-corrected chi connectivity index (χ2v) is 10.8. The molecule has 5 aromatic rings. The van der Waals surface area contributed by atoms with Crippen molar-refractivity contribution < 1.29 is 14.3 Å². The number of H-pyrrole nitrogens is 1. The highest BCUT2D eigenvalue weighted by Crippen LogP contribution is 2.30. The highest BCUT2D eigenvalue weighted by atomic mass is 16.5. The van der Waals surface area contributed by atoms with Crippen LogP contribution in [0.2, 0.25) is 0 Å². The van der Waals surface area contributed by atoms with Gasteiger partial charge in [-0.3, -0.25) is 9.78 Å². The van der Waals surface area contributed by atoms with Gasteiger partial charge in [-0.2, -0.15) is 5.71 Å². The Morgan fingerprint density at radius 2 is 1.76 bits per heavy atom. The number of nitrogens with one attached hydrogen (secondary N) is 2. The van der Waals surface area contributed by atoms with Gasteiger partial charge in [-0.05, 0) is 71.4 Å². The fourth-order valence-corrected chi connectivity index (χ4v) is 5.39. The van der Waals surface area contributed by atoms with Crippen molar-refractivity contribution in [3.63, 3.8) is 0 Å². The van der Waals surface area contributed by atoms with Crippen LogP contribution in [0.25, 0.3) is 16.3 Å². The Bertz CT molecular complexity index is 1810. The van der Waals surface area contributed by atoms with Gasteiger partial charge in [-0.15, -0.1) is 0 Å². The number of fused-ring (bicyclic) bond motifs is 1. The summed E-state index contributed by atoms with van der Waals surface area (Å²) < 4.78 is 11.1. The van der Waals surface area contributed by atoms with Crippen LogP contribution in [0.15, 0.2) is 127 Å². The molecule has 45 heavy (non-hydrogen) atoms. The smallest absolute Gasteiger partial charge is 0.270 e. The van der Waals surface area contributed by atoms with Gasteiger partial charge >= 0.3 is 0 Å². The number of aromatic nitrogens is 2. The minimum absolute atomic E-state index is 0.226. The molecule has 5 rings (SSSR count). The average molecular weight is 598 g/mol. The largest absolute Gasteiger partial charge is 0.808 e. The second kappa shape index (κ2) is 14.8. The van der Waals surface area contributed by atoms with Crippen molar-refractivity contribution in [1.29, 1.82) is 0 Å². The molecule has 1 atom stereocenters. The molecule has 0 saturated heterocycles. The summed E-state index contributed by atoms with van der Waals surface area (Å²) in [6.45, 7) is 4.52. The van der Waals surface area contributed by atoms with Crippen molar-refractivity contribution in [2.24, 2.45) is 0 Å². The Morgan fingerprint density at radius 1 is 0.978 bits per heavy atom. The van der Waals surface area contributed by atoms with E-state index in [4.69, 9.17) is 9.47 Å². The highest BCUT2D eigenvalue weighted by molar-refractivity contribution is 5.99. The number of methoxy groups -OCH3 is 2. The molecular formula is C38H37N4O3-. The molecule has 228 valence electrons. The number of nitrogens with zero attached hydrogens (tertiary/aromatic N) is 2. The van der Waals surface area contributed by atoms with E-state index in [0.29, 0.717) is 48.4 Å². The van der Waals surface area contributed by atoms with Crippen LogP contribution in [0, 0.1) is 0 Å². The SMILES string of the molecule is C=C(/C(=C/C(=[N-])CCc1ccccc1)Cc1ccc(OC)cc1OC)[C@@H](Cc1c[nH]c2ccccc12)NC(=O)c1ccccn1. The van der Waals surface area contributed by atoms with E-state index in [2.05, 4.69) is 27.9 Å². The molecule has 0 aliphatic carbocycles. The molecule has 7 nitrogen and oxygen atoms in total. The van der Waals surface area contributed by atoms with Gasteiger partial charge in [0.15, 0.2) is 0 Å². The average Bonchev–Trinajstić information content (AvgIpc) is 3.50. The van der Waals surface area contributed by atoms with Crippen molar-refractivity contribution in [3.8, 4) is 11.5 Å². The summed E-state index contributed by atoms with van der Waals surface area (Å²) in [5.41, 5.74) is 6.07. The van der Waals surface area contributed by atoms with Crippen molar-refractivity contribution in [2.45, 2.75) is 31.7 Å². The molecule has 7 heteroatoms. The number of aromatic amines is 1. The van der Waals surface area contributed by atoms with Crippen LogP contribution in [-0.2, 0) is 19.3 Å². The molecular weight excluding hydrogens is 560 g/mol. The fraction of sp³-hybridized carbons (Fsp3) is 0.184. The quantitative estimate of drug-likeness (QED) is 0.104. The molecule has 0 radical (unpaired) electrons. The first-order chi connectivity index (χ1) is 21.9. The minimum Gasteiger partial charge on any atom is -0.808 e. The normalized spacial score (nSPS) is 12.0. The Kier molecular flexibility index (Phi) is 10.2.